The molecule has 1 aromatic rings. The van der Waals surface area contributed by atoms with Crippen molar-refractivity contribution in [1.29, 1.82) is 0 Å². The van der Waals surface area contributed by atoms with Gasteiger partial charge in [-0.3, -0.25) is 9.69 Å². The number of rotatable bonds is 8. The van der Waals surface area contributed by atoms with Gasteiger partial charge in [-0.05, 0) is 12.6 Å². The Balaban J connectivity index is 2.81. The van der Waals surface area contributed by atoms with Crippen molar-refractivity contribution in [3.8, 4) is 11.5 Å². The molecule has 112 valence electrons. The van der Waals surface area contributed by atoms with Gasteiger partial charge >= 0.3 is 5.97 Å². The summed E-state index contributed by atoms with van der Waals surface area (Å²) in [6, 6.07) is 5.67. The van der Waals surface area contributed by atoms with Gasteiger partial charge < -0.3 is 14.6 Å². The molecule has 1 N–H and O–H groups in total. The SMILES string of the molecule is CCN(Cc1ccc(OC)cc1OC)CC(C)C(=O)O. The highest BCUT2D eigenvalue weighted by molar-refractivity contribution is 5.69. The summed E-state index contributed by atoms with van der Waals surface area (Å²) >= 11 is 0. The first-order valence-corrected chi connectivity index (χ1v) is 6.67. The van der Waals surface area contributed by atoms with Crippen LogP contribution in [0.3, 0.4) is 0 Å². The van der Waals surface area contributed by atoms with Crippen LogP contribution in [0.25, 0.3) is 0 Å². The van der Waals surface area contributed by atoms with Gasteiger partial charge in [-0.15, -0.1) is 0 Å². The molecule has 0 aliphatic heterocycles. The maximum atomic E-state index is 10.9. The number of carboxylic acid groups (broad SMARTS) is 1. The van der Waals surface area contributed by atoms with Crippen molar-refractivity contribution in [2.24, 2.45) is 5.92 Å². The third-order valence-corrected chi connectivity index (χ3v) is 3.29. The Morgan fingerprint density at radius 3 is 2.55 bits per heavy atom. The lowest BCUT2D eigenvalue weighted by molar-refractivity contribution is -0.141. The molecule has 5 nitrogen and oxygen atoms in total. The normalized spacial score (nSPS) is 12.2. The first-order chi connectivity index (χ1) is 9.51. The van der Waals surface area contributed by atoms with Crippen LogP contribution < -0.4 is 9.47 Å². The number of carboxylic acids is 1. The van der Waals surface area contributed by atoms with E-state index in [4.69, 9.17) is 14.6 Å². The molecule has 0 heterocycles. The summed E-state index contributed by atoms with van der Waals surface area (Å²) in [6.45, 7) is 5.69. The average Bonchev–Trinajstić information content (AvgIpc) is 2.46. The zero-order chi connectivity index (χ0) is 15.1. The van der Waals surface area contributed by atoms with Crippen molar-refractivity contribution < 1.29 is 19.4 Å². The van der Waals surface area contributed by atoms with Crippen molar-refractivity contribution in [3.63, 3.8) is 0 Å². The molecule has 0 fully saturated rings. The van der Waals surface area contributed by atoms with Gasteiger partial charge in [0, 0.05) is 24.7 Å². The smallest absolute Gasteiger partial charge is 0.307 e. The Bertz CT molecular complexity index is 447. The van der Waals surface area contributed by atoms with Crippen LogP contribution in [0.15, 0.2) is 18.2 Å². The van der Waals surface area contributed by atoms with Gasteiger partial charge in [0.05, 0.1) is 20.1 Å². The van der Waals surface area contributed by atoms with Crippen LogP contribution in [0.4, 0.5) is 0 Å². The highest BCUT2D eigenvalue weighted by atomic mass is 16.5. The molecule has 0 saturated carbocycles. The number of ether oxygens (including phenoxy) is 2. The van der Waals surface area contributed by atoms with Crippen LogP contribution in [-0.4, -0.2) is 43.3 Å². The van der Waals surface area contributed by atoms with Crippen molar-refractivity contribution in [3.05, 3.63) is 23.8 Å². The highest BCUT2D eigenvalue weighted by Gasteiger charge is 2.16. The maximum absolute atomic E-state index is 10.9. The van der Waals surface area contributed by atoms with E-state index >= 15 is 0 Å². The van der Waals surface area contributed by atoms with E-state index < -0.39 is 5.97 Å². The van der Waals surface area contributed by atoms with E-state index in [1.54, 1.807) is 21.1 Å². The fourth-order valence-corrected chi connectivity index (χ4v) is 1.99. The van der Waals surface area contributed by atoms with E-state index in [9.17, 15) is 4.79 Å². The summed E-state index contributed by atoms with van der Waals surface area (Å²) in [7, 11) is 3.23. The number of carbonyl (C=O) groups is 1. The van der Waals surface area contributed by atoms with E-state index in [0.717, 1.165) is 23.6 Å². The fraction of sp³-hybridized carbons (Fsp3) is 0.533. The van der Waals surface area contributed by atoms with E-state index in [1.165, 1.54) is 0 Å². The number of methoxy groups -OCH3 is 2. The van der Waals surface area contributed by atoms with Crippen LogP contribution in [0.5, 0.6) is 11.5 Å². The number of hydrogen-bond donors (Lipinski definition) is 1. The quantitative estimate of drug-likeness (QED) is 0.792. The molecule has 0 spiro atoms. The molecule has 5 heteroatoms. The molecule has 0 radical (unpaired) electrons. The van der Waals surface area contributed by atoms with E-state index in [2.05, 4.69) is 4.90 Å². The van der Waals surface area contributed by atoms with Crippen molar-refractivity contribution >= 4 is 5.97 Å². The van der Waals surface area contributed by atoms with Gasteiger partial charge in [0.2, 0.25) is 0 Å². The molecule has 1 aromatic carbocycles. The molecule has 1 atom stereocenters. The van der Waals surface area contributed by atoms with Gasteiger partial charge in [-0.25, -0.2) is 0 Å². The van der Waals surface area contributed by atoms with Gasteiger partial charge in [0.1, 0.15) is 11.5 Å². The Kier molecular flexibility index (Phi) is 6.31. The lowest BCUT2D eigenvalue weighted by atomic mass is 10.1. The Morgan fingerprint density at radius 1 is 1.35 bits per heavy atom. The summed E-state index contributed by atoms with van der Waals surface area (Å²) in [5.74, 6) is 0.336. The molecule has 0 aliphatic carbocycles. The number of aliphatic carboxylic acids is 1. The van der Waals surface area contributed by atoms with Crippen molar-refractivity contribution in [2.45, 2.75) is 20.4 Å². The van der Waals surface area contributed by atoms with E-state index in [0.29, 0.717) is 13.1 Å². The minimum Gasteiger partial charge on any atom is -0.497 e. The predicted octanol–water partition coefficient (Wildman–Crippen LogP) is 2.25. The molecule has 0 aliphatic rings. The number of hydrogen-bond acceptors (Lipinski definition) is 4. The van der Waals surface area contributed by atoms with E-state index in [1.807, 2.05) is 25.1 Å². The molecule has 0 amide bonds. The second-order valence-electron chi connectivity index (χ2n) is 4.74. The van der Waals surface area contributed by atoms with Crippen molar-refractivity contribution in [1.82, 2.24) is 4.90 Å². The summed E-state index contributed by atoms with van der Waals surface area (Å²) in [6.07, 6.45) is 0. The van der Waals surface area contributed by atoms with Crippen LogP contribution in [0.1, 0.15) is 19.4 Å². The minimum absolute atomic E-state index is 0.390. The van der Waals surface area contributed by atoms with Crippen LogP contribution in [0, 0.1) is 5.92 Å². The molecular weight excluding hydrogens is 258 g/mol. The maximum Gasteiger partial charge on any atom is 0.307 e. The summed E-state index contributed by atoms with van der Waals surface area (Å²) in [5, 5.41) is 8.99. The molecular formula is C15H23NO4. The molecule has 20 heavy (non-hydrogen) atoms. The fourth-order valence-electron chi connectivity index (χ4n) is 1.99. The number of nitrogens with zero attached hydrogens (tertiary/aromatic N) is 1. The van der Waals surface area contributed by atoms with Gasteiger partial charge in [0.15, 0.2) is 0 Å². The van der Waals surface area contributed by atoms with Crippen LogP contribution in [0.2, 0.25) is 0 Å². The topological polar surface area (TPSA) is 59.0 Å². The van der Waals surface area contributed by atoms with Crippen LogP contribution in [-0.2, 0) is 11.3 Å². The Morgan fingerprint density at radius 2 is 2.05 bits per heavy atom. The second kappa shape index (κ2) is 7.75. The summed E-state index contributed by atoms with van der Waals surface area (Å²) in [4.78, 5) is 13.0. The molecule has 0 saturated heterocycles. The van der Waals surface area contributed by atoms with Crippen LogP contribution >= 0.6 is 0 Å². The molecule has 0 bridgehead atoms. The average molecular weight is 281 g/mol. The Labute approximate surface area is 120 Å². The van der Waals surface area contributed by atoms with Gasteiger partial charge in [0.25, 0.3) is 0 Å². The predicted molar refractivity (Wildman–Crippen MR) is 77.3 cm³/mol. The summed E-state index contributed by atoms with van der Waals surface area (Å²) < 4.78 is 10.5. The van der Waals surface area contributed by atoms with Gasteiger partial charge in [-0.2, -0.15) is 0 Å². The standard InChI is InChI=1S/C15H23NO4/c1-5-16(9-11(2)15(17)18)10-12-6-7-13(19-3)8-14(12)20-4/h6-8,11H,5,9-10H2,1-4H3,(H,17,18). The van der Waals surface area contributed by atoms with Gasteiger partial charge in [-0.1, -0.05) is 19.9 Å². The summed E-state index contributed by atoms with van der Waals surface area (Å²) in [5.41, 5.74) is 1.02. The third-order valence-electron chi connectivity index (χ3n) is 3.29. The lowest BCUT2D eigenvalue weighted by Crippen LogP contribution is -2.31. The second-order valence-corrected chi connectivity index (χ2v) is 4.74. The minimum atomic E-state index is -0.773. The van der Waals surface area contributed by atoms with E-state index in [-0.39, 0.29) is 5.92 Å². The zero-order valence-corrected chi connectivity index (χ0v) is 12.5. The van der Waals surface area contributed by atoms with Crippen molar-refractivity contribution in [2.75, 3.05) is 27.3 Å². The first-order valence-electron chi connectivity index (χ1n) is 6.67. The molecule has 1 unspecified atom stereocenters. The monoisotopic (exact) mass is 281 g/mol. The molecule has 1 rings (SSSR count). The first kappa shape index (κ1) is 16.3. The number of benzene rings is 1. The lowest BCUT2D eigenvalue weighted by Gasteiger charge is -2.23. The largest absolute Gasteiger partial charge is 0.497 e. The zero-order valence-electron chi connectivity index (χ0n) is 12.5. The molecule has 0 aromatic heterocycles. The highest BCUT2D eigenvalue weighted by Crippen LogP contribution is 2.25. The third kappa shape index (κ3) is 4.42. The Hall–Kier alpha value is -1.75.